The van der Waals surface area contributed by atoms with Gasteiger partial charge in [0, 0.05) is 25.4 Å². The number of rotatable bonds is 5. The van der Waals surface area contributed by atoms with Gasteiger partial charge in [0.15, 0.2) is 11.0 Å². The highest BCUT2D eigenvalue weighted by Gasteiger charge is 2.11. The smallest absolute Gasteiger partial charge is 0.157 e. The van der Waals surface area contributed by atoms with E-state index < -0.39 is 0 Å². The third-order valence-electron chi connectivity index (χ3n) is 2.72. The van der Waals surface area contributed by atoms with Crippen molar-refractivity contribution in [1.29, 1.82) is 0 Å². The van der Waals surface area contributed by atoms with Gasteiger partial charge < -0.3 is 11.1 Å². The summed E-state index contributed by atoms with van der Waals surface area (Å²) < 4.78 is 0. The summed E-state index contributed by atoms with van der Waals surface area (Å²) in [6, 6.07) is 3.87. The van der Waals surface area contributed by atoms with Crippen LogP contribution in [0.4, 0.5) is 11.5 Å². The average Bonchev–Trinajstić information content (AvgIpc) is 2.41. The molecule has 0 unspecified atom stereocenters. The van der Waals surface area contributed by atoms with E-state index in [-0.39, 0.29) is 0 Å². The maximum Gasteiger partial charge on any atom is 0.157 e. The second kappa shape index (κ2) is 6.52. The molecule has 0 saturated heterocycles. The Morgan fingerprint density at radius 3 is 2.80 bits per heavy atom. The lowest BCUT2D eigenvalue weighted by Gasteiger charge is -2.12. The predicted octanol–water partition coefficient (Wildman–Crippen LogP) is 2.92. The summed E-state index contributed by atoms with van der Waals surface area (Å²) >= 11 is 6.06. The lowest BCUT2D eigenvalue weighted by molar-refractivity contribution is 0.621. The van der Waals surface area contributed by atoms with Gasteiger partial charge in [-0.05, 0) is 17.5 Å². The molecule has 0 spiro atoms. The van der Waals surface area contributed by atoms with Crippen LogP contribution in [0.2, 0.25) is 5.15 Å². The molecule has 2 aromatic rings. The van der Waals surface area contributed by atoms with Crippen LogP contribution < -0.4 is 11.1 Å². The van der Waals surface area contributed by atoms with E-state index in [0.29, 0.717) is 34.9 Å². The van der Waals surface area contributed by atoms with Crippen LogP contribution in [0, 0.1) is 5.92 Å². The van der Waals surface area contributed by atoms with E-state index >= 15 is 0 Å². The molecule has 0 radical (unpaired) electrons. The maximum absolute atomic E-state index is 6.06. The fourth-order valence-electron chi connectivity index (χ4n) is 1.77. The summed E-state index contributed by atoms with van der Waals surface area (Å²) in [6.45, 7) is 4.80. The molecule has 2 heterocycles. The van der Waals surface area contributed by atoms with Crippen molar-refractivity contribution in [2.75, 3.05) is 11.1 Å². The Hall–Kier alpha value is -1.88. The number of pyridine rings is 1. The maximum atomic E-state index is 6.06. The van der Waals surface area contributed by atoms with Crippen molar-refractivity contribution < 1.29 is 0 Å². The van der Waals surface area contributed by atoms with Gasteiger partial charge in [-0.1, -0.05) is 31.5 Å². The van der Waals surface area contributed by atoms with Crippen molar-refractivity contribution in [3.63, 3.8) is 0 Å². The lowest BCUT2D eigenvalue weighted by Crippen LogP contribution is -2.10. The summed E-state index contributed by atoms with van der Waals surface area (Å²) in [4.78, 5) is 12.7. The largest absolute Gasteiger partial charge is 0.393 e. The minimum absolute atomic E-state index is 0.296. The second-order valence-electron chi connectivity index (χ2n) is 5.01. The Morgan fingerprint density at radius 2 is 2.15 bits per heavy atom. The summed E-state index contributed by atoms with van der Waals surface area (Å²) in [5.41, 5.74) is 7.34. The van der Waals surface area contributed by atoms with Crippen molar-refractivity contribution in [3.05, 3.63) is 41.1 Å². The number of anilines is 2. The Bertz CT molecular complexity index is 571. The van der Waals surface area contributed by atoms with E-state index in [1.165, 1.54) is 0 Å². The average molecular weight is 292 g/mol. The first-order valence-corrected chi connectivity index (χ1v) is 6.88. The molecule has 0 amide bonds. The first-order chi connectivity index (χ1) is 9.56. The van der Waals surface area contributed by atoms with E-state index in [0.717, 1.165) is 12.0 Å². The van der Waals surface area contributed by atoms with Crippen molar-refractivity contribution in [1.82, 2.24) is 15.0 Å². The number of nitrogens with one attached hydrogen (secondary N) is 1. The van der Waals surface area contributed by atoms with E-state index in [1.807, 2.05) is 12.1 Å². The molecule has 5 nitrogen and oxygen atoms in total. The molecule has 6 heteroatoms. The summed E-state index contributed by atoms with van der Waals surface area (Å²) in [5, 5.41) is 3.48. The summed E-state index contributed by atoms with van der Waals surface area (Å²) in [5.74, 6) is 1.73. The van der Waals surface area contributed by atoms with Crippen LogP contribution in [0.5, 0.6) is 0 Å². The van der Waals surface area contributed by atoms with Crippen molar-refractivity contribution in [3.8, 4) is 0 Å². The third-order valence-corrected chi connectivity index (χ3v) is 3.01. The highest BCUT2D eigenvalue weighted by atomic mass is 35.5. The van der Waals surface area contributed by atoms with Crippen LogP contribution in [0.1, 0.15) is 25.2 Å². The van der Waals surface area contributed by atoms with Gasteiger partial charge in [0.05, 0.1) is 0 Å². The zero-order chi connectivity index (χ0) is 14.5. The van der Waals surface area contributed by atoms with Crippen molar-refractivity contribution >= 4 is 23.1 Å². The van der Waals surface area contributed by atoms with Gasteiger partial charge in [0.2, 0.25) is 0 Å². The number of aromatic nitrogens is 3. The molecule has 0 atom stereocenters. The minimum Gasteiger partial charge on any atom is -0.393 e. The van der Waals surface area contributed by atoms with E-state index in [9.17, 15) is 0 Å². The molecule has 3 N–H and O–H groups in total. The minimum atomic E-state index is 0.296. The number of halogens is 1. The monoisotopic (exact) mass is 291 g/mol. The van der Waals surface area contributed by atoms with Gasteiger partial charge in [0.1, 0.15) is 11.5 Å². The predicted molar refractivity (Wildman–Crippen MR) is 81.6 cm³/mol. The highest BCUT2D eigenvalue weighted by molar-refractivity contribution is 6.32. The Balaban J connectivity index is 2.15. The molecule has 0 saturated carbocycles. The number of hydrogen-bond donors (Lipinski definition) is 2. The van der Waals surface area contributed by atoms with Crippen LogP contribution in [0.3, 0.4) is 0 Å². The number of hydrogen-bond acceptors (Lipinski definition) is 5. The molecule has 2 aromatic heterocycles. The molecular weight excluding hydrogens is 274 g/mol. The molecule has 0 fully saturated rings. The zero-order valence-electron chi connectivity index (χ0n) is 11.6. The van der Waals surface area contributed by atoms with Crippen molar-refractivity contribution in [2.24, 2.45) is 5.92 Å². The first-order valence-electron chi connectivity index (χ1n) is 6.51. The quantitative estimate of drug-likeness (QED) is 0.828. The first kappa shape index (κ1) is 14.5. The lowest BCUT2D eigenvalue weighted by atomic mass is 10.1. The fourth-order valence-corrected chi connectivity index (χ4v) is 1.95. The molecule has 0 aliphatic carbocycles. The Kier molecular flexibility index (Phi) is 4.74. The molecule has 106 valence electrons. The fraction of sp³-hybridized carbons (Fsp3) is 0.357. The Labute approximate surface area is 123 Å². The van der Waals surface area contributed by atoms with E-state index in [4.69, 9.17) is 17.3 Å². The van der Waals surface area contributed by atoms with Gasteiger partial charge in [-0.15, -0.1) is 0 Å². The third kappa shape index (κ3) is 3.81. The standard InChI is InChI=1S/C14H18ClN5/c1-9(2)6-11-19-13(15)12(16)14(20-11)18-8-10-4-3-5-17-7-10/h3-5,7,9H,6,8,16H2,1-2H3,(H,18,19,20). The summed E-state index contributed by atoms with van der Waals surface area (Å²) in [6.07, 6.45) is 4.29. The highest BCUT2D eigenvalue weighted by Crippen LogP contribution is 2.24. The van der Waals surface area contributed by atoms with Crippen LogP contribution in [-0.4, -0.2) is 15.0 Å². The van der Waals surface area contributed by atoms with Crippen molar-refractivity contribution in [2.45, 2.75) is 26.8 Å². The number of nitrogens with two attached hydrogens (primary N) is 1. The molecular formula is C14H18ClN5. The van der Waals surface area contributed by atoms with Gasteiger partial charge in [-0.25, -0.2) is 9.97 Å². The SMILES string of the molecule is CC(C)Cc1nc(Cl)c(N)c(NCc2cccnc2)n1. The molecule has 0 aromatic carbocycles. The molecule has 0 aliphatic rings. The number of nitrogen functional groups attached to an aromatic ring is 1. The van der Waals surface area contributed by atoms with Crippen LogP contribution >= 0.6 is 11.6 Å². The van der Waals surface area contributed by atoms with Crippen LogP contribution in [0.25, 0.3) is 0 Å². The topological polar surface area (TPSA) is 76.7 Å². The van der Waals surface area contributed by atoms with Gasteiger partial charge in [0.25, 0.3) is 0 Å². The van der Waals surface area contributed by atoms with Gasteiger partial charge in [-0.2, -0.15) is 0 Å². The molecule has 0 aliphatic heterocycles. The van der Waals surface area contributed by atoms with Crippen LogP contribution in [0.15, 0.2) is 24.5 Å². The van der Waals surface area contributed by atoms with Gasteiger partial charge >= 0.3 is 0 Å². The van der Waals surface area contributed by atoms with E-state index in [2.05, 4.69) is 34.1 Å². The molecule has 20 heavy (non-hydrogen) atoms. The number of nitrogens with zero attached hydrogens (tertiary/aromatic N) is 3. The van der Waals surface area contributed by atoms with Crippen LogP contribution in [-0.2, 0) is 13.0 Å². The van der Waals surface area contributed by atoms with Gasteiger partial charge in [-0.3, -0.25) is 4.98 Å². The van der Waals surface area contributed by atoms with E-state index in [1.54, 1.807) is 12.4 Å². The zero-order valence-corrected chi connectivity index (χ0v) is 12.4. The second-order valence-corrected chi connectivity index (χ2v) is 5.36. The molecule has 0 bridgehead atoms. The molecule has 2 rings (SSSR count). The normalized spacial score (nSPS) is 10.8. The summed E-state index contributed by atoms with van der Waals surface area (Å²) in [7, 11) is 0. The Morgan fingerprint density at radius 1 is 1.35 bits per heavy atom.